The van der Waals surface area contributed by atoms with Crippen LogP contribution in [-0.4, -0.2) is 48.3 Å². The number of benzene rings is 1. The monoisotopic (exact) mass is 436 g/mol. The number of amides is 1. The van der Waals surface area contributed by atoms with Gasteiger partial charge < -0.3 is 14.1 Å². The van der Waals surface area contributed by atoms with Gasteiger partial charge in [0.15, 0.2) is 17.1 Å². The molecule has 2 aromatic rings. The van der Waals surface area contributed by atoms with Gasteiger partial charge in [-0.25, -0.2) is 4.98 Å². The van der Waals surface area contributed by atoms with Crippen molar-refractivity contribution in [2.45, 2.75) is 31.6 Å². The number of hydrogen-bond acceptors (Lipinski definition) is 4. The van der Waals surface area contributed by atoms with E-state index in [0.29, 0.717) is 22.0 Å². The number of aromatic nitrogens is 1. The van der Waals surface area contributed by atoms with E-state index in [1.54, 1.807) is 24.3 Å². The summed E-state index contributed by atoms with van der Waals surface area (Å²) >= 11 is 0. The molecule has 11 heteroatoms. The van der Waals surface area contributed by atoms with Gasteiger partial charge in [-0.05, 0) is 30.7 Å². The van der Waals surface area contributed by atoms with E-state index in [2.05, 4.69) is 4.98 Å². The van der Waals surface area contributed by atoms with Crippen LogP contribution in [0.5, 0.6) is 5.75 Å². The molecule has 164 valence electrons. The maximum Gasteiger partial charge on any atom is 0.404 e. The summed E-state index contributed by atoms with van der Waals surface area (Å²) < 4.78 is 89.3. The number of nitrogens with zero attached hydrogens (tertiary/aromatic N) is 2. The van der Waals surface area contributed by atoms with Crippen LogP contribution < -0.4 is 4.74 Å². The van der Waals surface area contributed by atoms with Crippen molar-refractivity contribution in [2.24, 2.45) is 5.41 Å². The molecule has 1 aromatic carbocycles. The number of aryl methyl sites for hydroxylation is 1. The Morgan fingerprint density at radius 1 is 1.17 bits per heavy atom. The Hall–Kier alpha value is -2.72. The first-order valence-corrected chi connectivity index (χ1v) is 8.97. The third-order valence-electron chi connectivity index (χ3n) is 5.19. The van der Waals surface area contributed by atoms with Crippen LogP contribution in [0.15, 0.2) is 34.9 Å². The van der Waals surface area contributed by atoms with Crippen molar-refractivity contribution in [3.8, 4) is 17.1 Å². The Morgan fingerprint density at radius 3 is 2.33 bits per heavy atom. The Labute approximate surface area is 167 Å². The lowest BCUT2D eigenvalue weighted by Crippen LogP contribution is -2.52. The van der Waals surface area contributed by atoms with E-state index >= 15 is 0 Å². The van der Waals surface area contributed by atoms with Gasteiger partial charge in [-0.2, -0.15) is 26.3 Å². The van der Waals surface area contributed by atoms with Gasteiger partial charge in [-0.1, -0.05) is 0 Å². The van der Waals surface area contributed by atoms with Crippen molar-refractivity contribution in [3.05, 3.63) is 36.4 Å². The van der Waals surface area contributed by atoms with Gasteiger partial charge in [0.2, 0.25) is 5.91 Å². The number of carbonyl (C=O) groups is 1. The zero-order valence-electron chi connectivity index (χ0n) is 15.8. The summed E-state index contributed by atoms with van der Waals surface area (Å²) in [5.74, 6) is 0.402. The van der Waals surface area contributed by atoms with Gasteiger partial charge in [0, 0.05) is 31.5 Å². The summed E-state index contributed by atoms with van der Waals surface area (Å²) in [6, 6.07) is 6.88. The number of likely N-dealkylation sites (tertiary alicyclic amines) is 1. The van der Waals surface area contributed by atoms with Crippen molar-refractivity contribution in [1.82, 2.24) is 9.88 Å². The number of carbonyl (C=O) groups excluding carboxylic acids is 1. The Balaban J connectivity index is 1.62. The number of rotatable bonds is 5. The van der Waals surface area contributed by atoms with Crippen molar-refractivity contribution < 1.29 is 40.3 Å². The predicted molar refractivity (Wildman–Crippen MR) is 92.6 cm³/mol. The quantitative estimate of drug-likeness (QED) is 0.642. The number of ether oxygens (including phenoxy) is 1. The summed E-state index contributed by atoms with van der Waals surface area (Å²) in [5, 5.41) is 0. The molecule has 3 rings (SSSR count). The average Bonchev–Trinajstić information content (AvgIpc) is 3.33. The number of methoxy groups -OCH3 is 1. The van der Waals surface area contributed by atoms with E-state index < -0.39 is 43.2 Å². The SMILES string of the molecule is COc1ccc(-c2cnc(CCC(=O)N3CCC(C(F)(F)F)(C(F)(F)F)C3)o2)cc1. The summed E-state index contributed by atoms with van der Waals surface area (Å²) in [5.41, 5.74) is -3.19. The summed E-state index contributed by atoms with van der Waals surface area (Å²) in [6.07, 6.45) is -11.1. The van der Waals surface area contributed by atoms with Crippen molar-refractivity contribution >= 4 is 5.91 Å². The highest BCUT2D eigenvalue weighted by atomic mass is 19.4. The number of halogens is 6. The minimum absolute atomic E-state index is 0.0451. The lowest BCUT2D eigenvalue weighted by molar-refractivity contribution is -0.334. The Kier molecular flexibility index (Phi) is 5.74. The molecule has 30 heavy (non-hydrogen) atoms. The van der Waals surface area contributed by atoms with Crippen LogP contribution in [-0.2, 0) is 11.2 Å². The topological polar surface area (TPSA) is 55.6 Å². The van der Waals surface area contributed by atoms with E-state index in [9.17, 15) is 31.1 Å². The molecule has 0 aliphatic carbocycles. The lowest BCUT2D eigenvalue weighted by atomic mass is 9.85. The fourth-order valence-corrected chi connectivity index (χ4v) is 3.33. The second kappa shape index (κ2) is 7.84. The van der Waals surface area contributed by atoms with Crippen LogP contribution in [0.1, 0.15) is 18.7 Å². The Bertz CT molecular complexity index is 875. The normalized spacial score (nSPS) is 16.7. The third kappa shape index (κ3) is 4.10. The van der Waals surface area contributed by atoms with Gasteiger partial charge in [-0.3, -0.25) is 4.79 Å². The van der Waals surface area contributed by atoms with E-state index in [-0.39, 0.29) is 18.7 Å². The van der Waals surface area contributed by atoms with E-state index in [4.69, 9.17) is 9.15 Å². The Morgan fingerprint density at radius 2 is 1.80 bits per heavy atom. The third-order valence-corrected chi connectivity index (χ3v) is 5.19. The number of hydrogen-bond donors (Lipinski definition) is 0. The highest BCUT2D eigenvalue weighted by molar-refractivity contribution is 5.76. The van der Waals surface area contributed by atoms with Crippen LogP contribution in [0.25, 0.3) is 11.3 Å². The van der Waals surface area contributed by atoms with Gasteiger partial charge in [0.25, 0.3) is 0 Å². The van der Waals surface area contributed by atoms with E-state index in [1.807, 2.05) is 0 Å². The highest BCUT2D eigenvalue weighted by Crippen LogP contribution is 2.55. The molecule has 1 fully saturated rings. The number of oxazole rings is 1. The number of alkyl halides is 6. The molecule has 0 radical (unpaired) electrons. The molecule has 0 N–H and O–H groups in total. The first-order chi connectivity index (χ1) is 14.0. The van der Waals surface area contributed by atoms with Gasteiger partial charge in [0.1, 0.15) is 5.75 Å². The molecule has 1 aromatic heterocycles. The maximum atomic E-state index is 13.1. The van der Waals surface area contributed by atoms with Crippen LogP contribution >= 0.6 is 0 Å². The molecule has 0 atom stereocenters. The average molecular weight is 436 g/mol. The fourth-order valence-electron chi connectivity index (χ4n) is 3.33. The van der Waals surface area contributed by atoms with Crippen molar-refractivity contribution in [1.29, 1.82) is 0 Å². The first kappa shape index (κ1) is 22.0. The van der Waals surface area contributed by atoms with Gasteiger partial charge in [0.05, 0.1) is 13.3 Å². The summed E-state index contributed by atoms with van der Waals surface area (Å²) in [4.78, 5) is 16.8. The minimum atomic E-state index is -5.49. The zero-order valence-corrected chi connectivity index (χ0v) is 15.8. The van der Waals surface area contributed by atoms with Crippen LogP contribution in [0.3, 0.4) is 0 Å². The zero-order chi connectivity index (χ0) is 22.2. The molecule has 0 unspecified atom stereocenters. The molecule has 0 saturated carbocycles. The largest absolute Gasteiger partial charge is 0.497 e. The maximum absolute atomic E-state index is 13.1. The van der Waals surface area contributed by atoms with Crippen molar-refractivity contribution in [3.63, 3.8) is 0 Å². The second-order valence-electron chi connectivity index (χ2n) is 6.99. The predicted octanol–water partition coefficient (Wildman–Crippen LogP) is 4.63. The molecular formula is C19H18F6N2O3. The van der Waals surface area contributed by atoms with Crippen LogP contribution in [0, 0.1) is 5.41 Å². The standard InChI is InChI=1S/C19H18F6N2O3/c1-29-13-4-2-12(3-5-13)14-10-26-15(30-14)6-7-16(28)27-9-8-17(11-27,18(20,21)22)19(23,24)25/h2-5,10H,6-9,11H2,1H3. The van der Waals surface area contributed by atoms with Crippen molar-refractivity contribution in [2.75, 3.05) is 20.2 Å². The molecule has 1 amide bonds. The van der Waals surface area contributed by atoms with Crippen LogP contribution in [0.2, 0.25) is 0 Å². The summed E-state index contributed by atoms with van der Waals surface area (Å²) in [7, 11) is 1.52. The molecule has 0 bridgehead atoms. The first-order valence-electron chi connectivity index (χ1n) is 8.97. The molecule has 1 saturated heterocycles. The highest BCUT2D eigenvalue weighted by Gasteiger charge is 2.72. The second-order valence-corrected chi connectivity index (χ2v) is 6.99. The van der Waals surface area contributed by atoms with Crippen LogP contribution in [0.4, 0.5) is 26.3 Å². The molecule has 5 nitrogen and oxygen atoms in total. The smallest absolute Gasteiger partial charge is 0.404 e. The van der Waals surface area contributed by atoms with E-state index in [1.165, 1.54) is 13.3 Å². The molecule has 1 aliphatic rings. The van der Waals surface area contributed by atoms with Gasteiger partial charge in [-0.15, -0.1) is 0 Å². The minimum Gasteiger partial charge on any atom is -0.497 e. The fraction of sp³-hybridized carbons (Fsp3) is 0.474. The molecule has 2 heterocycles. The van der Waals surface area contributed by atoms with Gasteiger partial charge >= 0.3 is 12.4 Å². The molecule has 0 spiro atoms. The molecule has 1 aliphatic heterocycles. The molecular weight excluding hydrogens is 418 g/mol. The summed E-state index contributed by atoms with van der Waals surface area (Å²) in [6.45, 7) is -2.04. The van der Waals surface area contributed by atoms with E-state index in [0.717, 1.165) is 0 Å². The lowest BCUT2D eigenvalue weighted by Gasteiger charge is -2.33.